The summed E-state index contributed by atoms with van der Waals surface area (Å²) in [5, 5.41) is 12.0. The molecule has 0 bridgehead atoms. The number of rotatable bonds is 7. The molecule has 0 aliphatic heterocycles. The van der Waals surface area contributed by atoms with Gasteiger partial charge in [-0.15, -0.1) is 10.2 Å². The van der Waals surface area contributed by atoms with Crippen LogP contribution in [0.5, 0.6) is 5.75 Å². The zero-order chi connectivity index (χ0) is 23.4. The summed E-state index contributed by atoms with van der Waals surface area (Å²) in [5.74, 6) is -0.997. The second kappa shape index (κ2) is 10.0. The van der Waals surface area contributed by atoms with E-state index >= 15 is 0 Å². The molecule has 0 spiro atoms. The Balaban J connectivity index is 1.63. The minimum Gasteiger partial charge on any atom is -0.496 e. The Morgan fingerprint density at radius 2 is 1.85 bits per heavy atom. The highest BCUT2D eigenvalue weighted by atomic mass is 35.5. The summed E-state index contributed by atoms with van der Waals surface area (Å²) in [6.07, 6.45) is 0. The molecule has 0 aliphatic rings. The highest BCUT2D eigenvalue weighted by molar-refractivity contribution is 7.99. The van der Waals surface area contributed by atoms with Gasteiger partial charge in [-0.3, -0.25) is 9.36 Å². The summed E-state index contributed by atoms with van der Waals surface area (Å²) in [7, 11) is 1.57. The molecule has 4 rings (SSSR count). The van der Waals surface area contributed by atoms with E-state index in [1.165, 1.54) is 6.07 Å². The van der Waals surface area contributed by atoms with Gasteiger partial charge in [0.05, 0.1) is 24.1 Å². The van der Waals surface area contributed by atoms with E-state index in [2.05, 4.69) is 15.5 Å². The number of para-hydroxylation sites is 1. The molecule has 168 valence electrons. The Morgan fingerprint density at radius 1 is 1.09 bits per heavy atom. The number of nitrogens with zero attached hydrogens (tertiary/aromatic N) is 3. The third-order valence-corrected chi connectivity index (χ3v) is 5.78. The third-order valence-electron chi connectivity index (χ3n) is 4.60. The molecule has 0 fully saturated rings. The van der Waals surface area contributed by atoms with Crippen molar-refractivity contribution in [2.24, 2.45) is 0 Å². The molecule has 0 aliphatic carbocycles. The lowest BCUT2D eigenvalue weighted by molar-refractivity contribution is -0.113. The predicted octanol–water partition coefficient (Wildman–Crippen LogP) is 5.61. The van der Waals surface area contributed by atoms with E-state index in [0.717, 1.165) is 23.5 Å². The zero-order valence-electron chi connectivity index (χ0n) is 17.3. The number of hydrogen-bond donors (Lipinski definition) is 1. The molecular weight excluding hydrogens is 470 g/mol. The standard InChI is InChI=1S/C23H17ClF2N4O2S/c1-32-20-5-3-2-4-17(20)22-28-29-23(30(22)16-9-6-14(24)7-10-16)33-13-21(31)27-19-11-8-15(25)12-18(19)26/h2-12H,13H2,1H3,(H,27,31). The molecule has 1 N–H and O–H groups in total. The van der Waals surface area contributed by atoms with Crippen molar-refractivity contribution >= 4 is 35.0 Å². The van der Waals surface area contributed by atoms with Crippen LogP contribution in [0, 0.1) is 11.6 Å². The molecule has 0 saturated heterocycles. The lowest BCUT2D eigenvalue weighted by Gasteiger charge is -2.12. The number of thioether (sulfide) groups is 1. The van der Waals surface area contributed by atoms with E-state index in [1.54, 1.807) is 23.8 Å². The number of nitrogens with one attached hydrogen (secondary N) is 1. The highest BCUT2D eigenvalue weighted by Gasteiger charge is 2.20. The number of anilines is 1. The molecule has 3 aromatic carbocycles. The largest absolute Gasteiger partial charge is 0.496 e. The third kappa shape index (κ3) is 5.15. The average Bonchev–Trinajstić information content (AvgIpc) is 3.24. The fraction of sp³-hybridized carbons (Fsp3) is 0.0870. The van der Waals surface area contributed by atoms with Crippen molar-refractivity contribution in [3.8, 4) is 22.8 Å². The number of amides is 1. The molecule has 4 aromatic rings. The maximum absolute atomic E-state index is 13.8. The number of carbonyl (C=O) groups excluding carboxylic acids is 1. The van der Waals surface area contributed by atoms with E-state index in [-0.39, 0.29) is 11.4 Å². The van der Waals surface area contributed by atoms with Crippen LogP contribution < -0.4 is 10.1 Å². The SMILES string of the molecule is COc1ccccc1-c1nnc(SCC(=O)Nc2ccc(F)cc2F)n1-c1ccc(Cl)cc1. The number of hydrogen-bond acceptors (Lipinski definition) is 5. The van der Waals surface area contributed by atoms with Gasteiger partial charge in [0, 0.05) is 16.8 Å². The monoisotopic (exact) mass is 486 g/mol. The van der Waals surface area contributed by atoms with Crippen molar-refractivity contribution in [3.05, 3.63) is 83.4 Å². The van der Waals surface area contributed by atoms with Crippen LogP contribution in [0.25, 0.3) is 17.1 Å². The Labute approximate surface area is 197 Å². The van der Waals surface area contributed by atoms with Crippen LogP contribution in [-0.4, -0.2) is 33.5 Å². The van der Waals surface area contributed by atoms with Gasteiger partial charge in [-0.2, -0.15) is 0 Å². The molecule has 0 unspecified atom stereocenters. The van der Waals surface area contributed by atoms with Crippen LogP contribution in [0.2, 0.25) is 5.02 Å². The van der Waals surface area contributed by atoms with Crippen LogP contribution in [0.15, 0.2) is 71.9 Å². The van der Waals surface area contributed by atoms with Crippen molar-refractivity contribution in [3.63, 3.8) is 0 Å². The van der Waals surface area contributed by atoms with Crippen LogP contribution >= 0.6 is 23.4 Å². The normalized spacial score (nSPS) is 10.8. The van der Waals surface area contributed by atoms with E-state index in [1.807, 2.05) is 36.4 Å². The minimum absolute atomic E-state index is 0.0749. The summed E-state index contributed by atoms with van der Waals surface area (Å²) in [5.41, 5.74) is 1.35. The van der Waals surface area contributed by atoms with Crippen LogP contribution in [0.4, 0.5) is 14.5 Å². The summed E-state index contributed by atoms with van der Waals surface area (Å²) < 4.78 is 34.2. The van der Waals surface area contributed by atoms with Crippen molar-refractivity contribution in [1.82, 2.24) is 14.8 Å². The summed E-state index contributed by atoms with van der Waals surface area (Å²) in [6, 6.07) is 17.4. The lowest BCUT2D eigenvalue weighted by atomic mass is 10.2. The van der Waals surface area contributed by atoms with Gasteiger partial charge in [0.2, 0.25) is 5.91 Å². The highest BCUT2D eigenvalue weighted by Crippen LogP contribution is 2.33. The number of ether oxygens (including phenoxy) is 1. The predicted molar refractivity (Wildman–Crippen MR) is 124 cm³/mol. The molecule has 6 nitrogen and oxygen atoms in total. The number of carbonyl (C=O) groups is 1. The van der Waals surface area contributed by atoms with Gasteiger partial charge in [-0.05, 0) is 48.5 Å². The van der Waals surface area contributed by atoms with Crippen molar-refractivity contribution in [2.45, 2.75) is 5.16 Å². The van der Waals surface area contributed by atoms with Gasteiger partial charge in [-0.1, -0.05) is 35.5 Å². The first-order valence-electron chi connectivity index (χ1n) is 9.68. The van der Waals surface area contributed by atoms with Gasteiger partial charge in [0.1, 0.15) is 17.4 Å². The van der Waals surface area contributed by atoms with Gasteiger partial charge < -0.3 is 10.1 Å². The maximum atomic E-state index is 13.8. The molecule has 33 heavy (non-hydrogen) atoms. The van der Waals surface area contributed by atoms with E-state index in [0.29, 0.717) is 33.4 Å². The summed E-state index contributed by atoms with van der Waals surface area (Å²) in [6.45, 7) is 0. The number of halogens is 3. The molecule has 10 heteroatoms. The molecule has 0 saturated carbocycles. The molecular formula is C23H17ClF2N4O2S. The molecule has 1 aromatic heterocycles. The zero-order valence-corrected chi connectivity index (χ0v) is 18.8. The van der Waals surface area contributed by atoms with Gasteiger partial charge >= 0.3 is 0 Å². The van der Waals surface area contributed by atoms with E-state index in [9.17, 15) is 13.6 Å². The summed E-state index contributed by atoms with van der Waals surface area (Å²) in [4.78, 5) is 12.4. The molecule has 0 atom stereocenters. The fourth-order valence-corrected chi connectivity index (χ4v) is 3.98. The first kappa shape index (κ1) is 22.8. The number of benzene rings is 3. The Morgan fingerprint density at radius 3 is 2.58 bits per heavy atom. The van der Waals surface area contributed by atoms with Gasteiger partial charge in [0.15, 0.2) is 11.0 Å². The fourth-order valence-electron chi connectivity index (χ4n) is 3.10. The molecule has 1 amide bonds. The van der Waals surface area contributed by atoms with Crippen LogP contribution in [-0.2, 0) is 4.79 Å². The Kier molecular flexibility index (Phi) is 6.90. The second-order valence-electron chi connectivity index (χ2n) is 6.78. The van der Waals surface area contributed by atoms with Gasteiger partial charge in [0.25, 0.3) is 0 Å². The molecule has 0 radical (unpaired) electrons. The average molecular weight is 487 g/mol. The quantitative estimate of drug-likeness (QED) is 0.344. The molecule has 1 heterocycles. The first-order valence-corrected chi connectivity index (χ1v) is 11.0. The smallest absolute Gasteiger partial charge is 0.234 e. The minimum atomic E-state index is -0.851. The lowest BCUT2D eigenvalue weighted by Crippen LogP contribution is -2.15. The second-order valence-corrected chi connectivity index (χ2v) is 8.16. The van der Waals surface area contributed by atoms with Crippen molar-refractivity contribution in [2.75, 3.05) is 18.2 Å². The Hall–Kier alpha value is -3.43. The van der Waals surface area contributed by atoms with Gasteiger partial charge in [-0.25, -0.2) is 8.78 Å². The van der Waals surface area contributed by atoms with Crippen LogP contribution in [0.3, 0.4) is 0 Å². The van der Waals surface area contributed by atoms with E-state index < -0.39 is 17.5 Å². The topological polar surface area (TPSA) is 69.0 Å². The summed E-state index contributed by atoms with van der Waals surface area (Å²) >= 11 is 7.17. The van der Waals surface area contributed by atoms with Crippen LogP contribution in [0.1, 0.15) is 0 Å². The Bertz CT molecular complexity index is 1300. The number of methoxy groups -OCH3 is 1. The first-order chi connectivity index (χ1) is 16.0. The van der Waals surface area contributed by atoms with Crippen molar-refractivity contribution in [1.29, 1.82) is 0 Å². The number of aromatic nitrogens is 3. The maximum Gasteiger partial charge on any atom is 0.234 e. The van der Waals surface area contributed by atoms with Crippen molar-refractivity contribution < 1.29 is 18.3 Å². The van der Waals surface area contributed by atoms with E-state index in [4.69, 9.17) is 16.3 Å².